The van der Waals surface area contributed by atoms with Gasteiger partial charge in [-0.3, -0.25) is 0 Å². The van der Waals surface area contributed by atoms with Crippen LogP contribution in [0.3, 0.4) is 0 Å². The zero-order chi connectivity index (χ0) is 15.9. The molecule has 1 aliphatic carbocycles. The maximum atomic E-state index is 10.00. The van der Waals surface area contributed by atoms with Crippen LogP contribution >= 0.6 is 0 Å². The molecule has 1 saturated heterocycles. The number of hydrogen-bond acceptors (Lipinski definition) is 6. The summed E-state index contributed by atoms with van der Waals surface area (Å²) < 4.78 is 11.1. The Balaban J connectivity index is 1.72. The van der Waals surface area contributed by atoms with Crippen LogP contribution in [0.15, 0.2) is 36.9 Å². The zero-order valence-electron chi connectivity index (χ0n) is 12.0. The van der Waals surface area contributed by atoms with Gasteiger partial charge in [0.2, 0.25) is 6.29 Å². The van der Waals surface area contributed by atoms with Crippen molar-refractivity contribution in [1.82, 2.24) is 0 Å². The normalized spacial score (nSPS) is 40.5. The number of aliphatic hydroxyl groups excluding tert-OH is 4. The van der Waals surface area contributed by atoms with Gasteiger partial charge in [0, 0.05) is 6.42 Å². The first-order valence-electron chi connectivity index (χ1n) is 7.24. The number of ether oxygens (including phenoxy) is 2. The smallest absolute Gasteiger partial charge is 0.229 e. The highest BCUT2D eigenvalue weighted by Crippen LogP contribution is 2.48. The summed E-state index contributed by atoms with van der Waals surface area (Å²) in [6.07, 6.45) is -3.46. The van der Waals surface area contributed by atoms with Crippen LogP contribution in [0.2, 0.25) is 0 Å². The molecule has 0 amide bonds. The molecular formula is C16H20O6. The van der Waals surface area contributed by atoms with Crippen LogP contribution in [0.5, 0.6) is 5.75 Å². The molecular weight excluding hydrogens is 288 g/mol. The number of allylic oxidation sites excluding steroid dienone is 1. The highest BCUT2D eigenvalue weighted by atomic mass is 16.7. The third-order valence-electron chi connectivity index (χ3n) is 4.26. The van der Waals surface area contributed by atoms with Crippen LogP contribution in [0.1, 0.15) is 12.0 Å². The average Bonchev–Trinajstić information content (AvgIpc) is 3.16. The third-order valence-corrected chi connectivity index (χ3v) is 4.26. The summed E-state index contributed by atoms with van der Waals surface area (Å²) in [6.45, 7) is 3.67. The van der Waals surface area contributed by atoms with Crippen molar-refractivity contribution < 1.29 is 29.9 Å². The number of rotatable bonds is 4. The summed E-state index contributed by atoms with van der Waals surface area (Å²) in [7, 11) is 0. The van der Waals surface area contributed by atoms with Crippen LogP contribution < -0.4 is 4.74 Å². The summed E-state index contributed by atoms with van der Waals surface area (Å²) in [4.78, 5) is 0. The van der Waals surface area contributed by atoms with Crippen molar-refractivity contribution in [1.29, 1.82) is 0 Å². The summed E-state index contributed by atoms with van der Waals surface area (Å²) in [5.74, 6) is 0.464. The largest absolute Gasteiger partial charge is 0.462 e. The monoisotopic (exact) mass is 308 g/mol. The standard InChI is InChI=1S/C16H20O6/c1-2-3-9-4-6-10(7-5-9)21-15-13(19)12(18)14(20)16(22-15)8-11(16)17/h2,4-7,11-15,17-20H,1,3,8H2/t11-,12-,13-,14+,15?,16?/m0/s1. The van der Waals surface area contributed by atoms with Gasteiger partial charge in [-0.15, -0.1) is 6.58 Å². The van der Waals surface area contributed by atoms with Gasteiger partial charge in [-0.25, -0.2) is 0 Å². The van der Waals surface area contributed by atoms with E-state index in [4.69, 9.17) is 9.47 Å². The van der Waals surface area contributed by atoms with Crippen molar-refractivity contribution in [3.8, 4) is 5.75 Å². The van der Waals surface area contributed by atoms with E-state index in [-0.39, 0.29) is 6.42 Å². The minimum atomic E-state index is -1.43. The summed E-state index contributed by atoms with van der Waals surface area (Å²) >= 11 is 0. The number of aliphatic hydroxyl groups is 4. The SMILES string of the molecule is C=CCc1ccc(OC2OC3(C[C@@H]3O)[C@H](O)[C@@H](O)[C@@H]2O)cc1. The van der Waals surface area contributed by atoms with Gasteiger partial charge in [0.05, 0.1) is 6.10 Å². The molecule has 2 unspecified atom stereocenters. The Morgan fingerprint density at radius 3 is 2.36 bits per heavy atom. The van der Waals surface area contributed by atoms with Gasteiger partial charge in [0.25, 0.3) is 0 Å². The Morgan fingerprint density at radius 1 is 1.18 bits per heavy atom. The fraction of sp³-hybridized carbons (Fsp3) is 0.500. The molecule has 22 heavy (non-hydrogen) atoms. The van der Waals surface area contributed by atoms with Gasteiger partial charge in [0.1, 0.15) is 29.7 Å². The quantitative estimate of drug-likeness (QED) is 0.572. The maximum Gasteiger partial charge on any atom is 0.229 e. The van der Waals surface area contributed by atoms with E-state index in [1.54, 1.807) is 18.2 Å². The predicted molar refractivity (Wildman–Crippen MR) is 77.2 cm³/mol. The zero-order valence-corrected chi connectivity index (χ0v) is 12.0. The minimum Gasteiger partial charge on any atom is -0.462 e. The van der Waals surface area contributed by atoms with E-state index in [1.165, 1.54) is 0 Å². The maximum absolute atomic E-state index is 10.00. The molecule has 1 aromatic rings. The summed E-state index contributed by atoms with van der Waals surface area (Å²) in [5.41, 5.74) is -0.177. The molecule has 6 heteroatoms. The molecule has 6 atom stereocenters. The van der Waals surface area contributed by atoms with Crippen LogP contribution in [-0.2, 0) is 11.2 Å². The summed E-state index contributed by atoms with van der Waals surface area (Å²) in [6, 6.07) is 7.17. The van der Waals surface area contributed by atoms with Crippen LogP contribution in [0.25, 0.3) is 0 Å². The highest BCUT2D eigenvalue weighted by molar-refractivity contribution is 5.28. The molecule has 1 heterocycles. The lowest BCUT2D eigenvalue weighted by molar-refractivity contribution is -0.288. The molecule has 2 aliphatic rings. The van der Waals surface area contributed by atoms with Crippen LogP contribution in [0, 0.1) is 0 Å². The van der Waals surface area contributed by atoms with Crippen molar-refractivity contribution in [2.75, 3.05) is 0 Å². The Hall–Kier alpha value is -1.44. The Kier molecular flexibility index (Phi) is 3.96. The van der Waals surface area contributed by atoms with E-state index in [2.05, 4.69) is 6.58 Å². The van der Waals surface area contributed by atoms with Crippen LogP contribution in [-0.4, -0.2) is 56.7 Å². The molecule has 1 spiro atoms. The topological polar surface area (TPSA) is 99.4 Å². The second-order valence-corrected chi connectivity index (χ2v) is 5.84. The first-order valence-corrected chi connectivity index (χ1v) is 7.24. The molecule has 0 bridgehead atoms. The molecule has 4 N–H and O–H groups in total. The third kappa shape index (κ3) is 2.53. The second kappa shape index (κ2) is 5.64. The lowest BCUT2D eigenvalue weighted by Crippen LogP contribution is -2.61. The molecule has 2 fully saturated rings. The van der Waals surface area contributed by atoms with Gasteiger partial charge in [-0.05, 0) is 24.1 Å². The van der Waals surface area contributed by atoms with E-state index in [1.807, 2.05) is 12.1 Å². The van der Waals surface area contributed by atoms with E-state index in [0.717, 1.165) is 12.0 Å². The molecule has 6 nitrogen and oxygen atoms in total. The van der Waals surface area contributed by atoms with Gasteiger partial charge < -0.3 is 29.9 Å². The van der Waals surface area contributed by atoms with E-state index in [9.17, 15) is 20.4 Å². The summed E-state index contributed by atoms with van der Waals surface area (Å²) in [5, 5.41) is 39.5. The number of hydrogen-bond donors (Lipinski definition) is 4. The van der Waals surface area contributed by atoms with E-state index in [0.29, 0.717) is 5.75 Å². The molecule has 1 saturated carbocycles. The fourth-order valence-electron chi connectivity index (χ4n) is 2.78. The lowest BCUT2D eigenvalue weighted by Gasteiger charge is -2.40. The van der Waals surface area contributed by atoms with Crippen LogP contribution in [0.4, 0.5) is 0 Å². The first kappa shape index (κ1) is 15.5. The van der Waals surface area contributed by atoms with E-state index >= 15 is 0 Å². The molecule has 1 aromatic carbocycles. The molecule has 0 radical (unpaired) electrons. The predicted octanol–water partition coefficient (Wildman–Crippen LogP) is -0.264. The second-order valence-electron chi connectivity index (χ2n) is 5.84. The molecule has 1 aliphatic heterocycles. The minimum absolute atomic E-state index is 0.204. The van der Waals surface area contributed by atoms with Crippen molar-refractivity contribution in [2.24, 2.45) is 0 Å². The van der Waals surface area contributed by atoms with Crippen molar-refractivity contribution in [3.63, 3.8) is 0 Å². The Labute approximate surface area is 128 Å². The van der Waals surface area contributed by atoms with Crippen molar-refractivity contribution in [3.05, 3.63) is 42.5 Å². The lowest BCUT2D eigenvalue weighted by atomic mass is 9.97. The Bertz CT molecular complexity index is 544. The van der Waals surface area contributed by atoms with Gasteiger partial charge in [-0.1, -0.05) is 18.2 Å². The van der Waals surface area contributed by atoms with Gasteiger partial charge in [0.15, 0.2) is 0 Å². The van der Waals surface area contributed by atoms with Crippen molar-refractivity contribution in [2.45, 2.75) is 49.1 Å². The fourth-order valence-corrected chi connectivity index (χ4v) is 2.78. The molecule has 3 rings (SSSR count). The number of benzene rings is 1. The molecule has 120 valence electrons. The van der Waals surface area contributed by atoms with Crippen molar-refractivity contribution >= 4 is 0 Å². The average molecular weight is 308 g/mol. The van der Waals surface area contributed by atoms with E-state index < -0.39 is 36.3 Å². The Morgan fingerprint density at radius 2 is 1.82 bits per heavy atom. The highest BCUT2D eigenvalue weighted by Gasteiger charge is 2.67. The molecule has 0 aromatic heterocycles. The first-order chi connectivity index (χ1) is 10.5. The van der Waals surface area contributed by atoms with Gasteiger partial charge in [-0.2, -0.15) is 0 Å². The van der Waals surface area contributed by atoms with Gasteiger partial charge >= 0.3 is 0 Å².